The first-order valence-corrected chi connectivity index (χ1v) is 5.06. The fraction of sp³-hybridized carbons (Fsp3) is 0.167. The van der Waals surface area contributed by atoms with E-state index in [0.717, 1.165) is 0 Å². The van der Waals surface area contributed by atoms with Crippen molar-refractivity contribution in [2.75, 3.05) is 0 Å². The second-order valence-electron chi connectivity index (χ2n) is 3.74. The van der Waals surface area contributed by atoms with E-state index in [1.165, 1.54) is 30.9 Å². The van der Waals surface area contributed by atoms with Crippen LogP contribution < -0.4 is 5.73 Å². The number of rotatable bonds is 2. The molecule has 0 saturated heterocycles. The second-order valence-corrected chi connectivity index (χ2v) is 3.74. The minimum atomic E-state index is -0.906. The summed E-state index contributed by atoms with van der Waals surface area (Å²) in [6.45, 7) is 1.56. The molecule has 0 aliphatic carbocycles. The predicted octanol–water partition coefficient (Wildman–Crippen LogP) is 2.11. The molecule has 2 N–H and O–H groups in total. The van der Waals surface area contributed by atoms with Gasteiger partial charge in [-0.1, -0.05) is 6.07 Å². The van der Waals surface area contributed by atoms with Crippen LogP contribution in [0.25, 0.3) is 0 Å². The van der Waals surface area contributed by atoms with E-state index < -0.39 is 17.7 Å². The molecule has 3 nitrogen and oxygen atoms in total. The van der Waals surface area contributed by atoms with E-state index >= 15 is 0 Å². The first-order chi connectivity index (χ1) is 8.11. The summed E-state index contributed by atoms with van der Waals surface area (Å²) >= 11 is 0. The van der Waals surface area contributed by atoms with Crippen molar-refractivity contribution >= 4 is 0 Å². The molecule has 0 amide bonds. The average Bonchev–Trinajstić information content (AvgIpc) is 2.35. The van der Waals surface area contributed by atoms with E-state index in [1.54, 1.807) is 6.92 Å². The zero-order valence-electron chi connectivity index (χ0n) is 9.19. The van der Waals surface area contributed by atoms with Gasteiger partial charge in [-0.2, -0.15) is 0 Å². The van der Waals surface area contributed by atoms with Crippen molar-refractivity contribution in [2.24, 2.45) is 5.73 Å². The molecule has 5 heteroatoms. The molecule has 1 aromatic heterocycles. The first kappa shape index (κ1) is 11.6. The van der Waals surface area contributed by atoms with Gasteiger partial charge in [0.05, 0.1) is 6.04 Å². The molecule has 17 heavy (non-hydrogen) atoms. The van der Waals surface area contributed by atoms with Gasteiger partial charge in [0.15, 0.2) is 0 Å². The highest BCUT2D eigenvalue weighted by molar-refractivity contribution is 5.34. The topological polar surface area (TPSA) is 51.8 Å². The zero-order chi connectivity index (χ0) is 12.4. The number of halogens is 2. The Morgan fingerprint density at radius 2 is 1.82 bits per heavy atom. The zero-order valence-corrected chi connectivity index (χ0v) is 9.19. The summed E-state index contributed by atoms with van der Waals surface area (Å²) < 4.78 is 27.4. The van der Waals surface area contributed by atoms with Gasteiger partial charge < -0.3 is 5.73 Å². The summed E-state index contributed by atoms with van der Waals surface area (Å²) in [5.74, 6) is -1.29. The first-order valence-electron chi connectivity index (χ1n) is 5.06. The molecule has 0 aliphatic heterocycles. The van der Waals surface area contributed by atoms with Crippen LogP contribution in [-0.4, -0.2) is 9.97 Å². The summed E-state index contributed by atoms with van der Waals surface area (Å²) in [6, 6.07) is 1.68. The van der Waals surface area contributed by atoms with Crippen molar-refractivity contribution in [1.82, 2.24) is 9.97 Å². The minimum absolute atomic E-state index is 0.153. The van der Waals surface area contributed by atoms with Crippen LogP contribution in [0.1, 0.15) is 22.7 Å². The predicted molar refractivity (Wildman–Crippen MR) is 59.2 cm³/mol. The van der Waals surface area contributed by atoms with Crippen LogP contribution in [0.15, 0.2) is 30.9 Å². The van der Waals surface area contributed by atoms with E-state index in [-0.39, 0.29) is 5.56 Å². The van der Waals surface area contributed by atoms with Crippen LogP contribution in [0.3, 0.4) is 0 Å². The fourth-order valence-electron chi connectivity index (χ4n) is 1.60. The van der Waals surface area contributed by atoms with E-state index in [2.05, 4.69) is 9.97 Å². The van der Waals surface area contributed by atoms with E-state index in [9.17, 15) is 8.78 Å². The van der Waals surface area contributed by atoms with E-state index in [4.69, 9.17) is 5.73 Å². The Bertz CT molecular complexity index is 529. The maximum Gasteiger partial charge on any atom is 0.134 e. The van der Waals surface area contributed by atoms with Crippen molar-refractivity contribution in [3.63, 3.8) is 0 Å². The molecule has 0 spiro atoms. The molecule has 1 heterocycles. The number of hydrogen-bond acceptors (Lipinski definition) is 3. The molecule has 1 aromatic carbocycles. The lowest BCUT2D eigenvalue weighted by Gasteiger charge is -2.14. The van der Waals surface area contributed by atoms with Gasteiger partial charge in [-0.3, -0.25) is 0 Å². The Balaban J connectivity index is 2.51. The number of nitrogens with zero attached hydrogens (tertiary/aromatic N) is 2. The van der Waals surface area contributed by atoms with Gasteiger partial charge in [0.1, 0.15) is 18.0 Å². The SMILES string of the molecule is Cc1ccc(F)c(C(N)c2cncnc2)c1F. The van der Waals surface area contributed by atoms with Gasteiger partial charge in [-0.15, -0.1) is 0 Å². The lowest BCUT2D eigenvalue weighted by Crippen LogP contribution is -2.16. The van der Waals surface area contributed by atoms with Gasteiger partial charge in [-0.05, 0) is 18.6 Å². The van der Waals surface area contributed by atoms with E-state index in [1.807, 2.05) is 0 Å². The summed E-state index contributed by atoms with van der Waals surface area (Å²) in [5, 5.41) is 0. The van der Waals surface area contributed by atoms with Gasteiger partial charge >= 0.3 is 0 Å². The van der Waals surface area contributed by atoms with Gasteiger partial charge in [-0.25, -0.2) is 18.7 Å². The fourth-order valence-corrected chi connectivity index (χ4v) is 1.60. The monoisotopic (exact) mass is 235 g/mol. The van der Waals surface area contributed by atoms with Crippen molar-refractivity contribution in [1.29, 1.82) is 0 Å². The molecule has 0 aliphatic rings. The number of aryl methyl sites for hydroxylation is 1. The third-order valence-electron chi connectivity index (χ3n) is 2.57. The molecule has 2 rings (SSSR count). The minimum Gasteiger partial charge on any atom is -0.320 e. The number of hydrogen-bond donors (Lipinski definition) is 1. The van der Waals surface area contributed by atoms with Crippen LogP contribution in [0.5, 0.6) is 0 Å². The Labute approximate surface area is 97.3 Å². The largest absolute Gasteiger partial charge is 0.320 e. The number of aromatic nitrogens is 2. The van der Waals surface area contributed by atoms with Crippen LogP contribution in [0.2, 0.25) is 0 Å². The normalized spacial score (nSPS) is 12.5. The van der Waals surface area contributed by atoms with E-state index in [0.29, 0.717) is 11.1 Å². The van der Waals surface area contributed by atoms with Crippen molar-refractivity contribution in [3.8, 4) is 0 Å². The average molecular weight is 235 g/mol. The molecule has 0 fully saturated rings. The Hall–Kier alpha value is -1.88. The molecule has 0 saturated carbocycles. The van der Waals surface area contributed by atoms with Crippen molar-refractivity contribution in [2.45, 2.75) is 13.0 Å². The van der Waals surface area contributed by atoms with Crippen molar-refractivity contribution in [3.05, 3.63) is 59.2 Å². The van der Waals surface area contributed by atoms with Crippen LogP contribution in [-0.2, 0) is 0 Å². The molecule has 0 bridgehead atoms. The lowest BCUT2D eigenvalue weighted by atomic mass is 9.99. The Kier molecular flexibility index (Phi) is 3.10. The molecular weight excluding hydrogens is 224 g/mol. The number of benzene rings is 1. The third kappa shape index (κ3) is 2.14. The summed E-state index contributed by atoms with van der Waals surface area (Å²) in [7, 11) is 0. The van der Waals surface area contributed by atoms with Crippen LogP contribution in [0.4, 0.5) is 8.78 Å². The van der Waals surface area contributed by atoms with Gasteiger partial charge in [0.2, 0.25) is 0 Å². The maximum absolute atomic E-state index is 13.8. The Morgan fingerprint density at radius 1 is 1.18 bits per heavy atom. The lowest BCUT2D eigenvalue weighted by molar-refractivity contribution is 0.537. The molecule has 1 atom stereocenters. The highest BCUT2D eigenvalue weighted by Gasteiger charge is 2.20. The highest BCUT2D eigenvalue weighted by atomic mass is 19.1. The summed E-state index contributed by atoms with van der Waals surface area (Å²) in [4.78, 5) is 7.55. The summed E-state index contributed by atoms with van der Waals surface area (Å²) in [5.41, 5.74) is 6.50. The second kappa shape index (κ2) is 4.55. The molecule has 1 unspecified atom stereocenters. The molecule has 2 aromatic rings. The Morgan fingerprint density at radius 3 is 2.47 bits per heavy atom. The molecule has 0 radical (unpaired) electrons. The molecule has 88 valence electrons. The quantitative estimate of drug-likeness (QED) is 0.867. The summed E-state index contributed by atoms with van der Waals surface area (Å²) in [6.07, 6.45) is 4.22. The van der Waals surface area contributed by atoms with Crippen LogP contribution >= 0.6 is 0 Å². The number of nitrogens with two attached hydrogens (primary N) is 1. The van der Waals surface area contributed by atoms with Crippen molar-refractivity contribution < 1.29 is 8.78 Å². The highest BCUT2D eigenvalue weighted by Crippen LogP contribution is 2.25. The maximum atomic E-state index is 13.8. The van der Waals surface area contributed by atoms with Gasteiger partial charge in [0.25, 0.3) is 0 Å². The molecular formula is C12H11F2N3. The standard InChI is InChI=1S/C12H11F2N3/c1-7-2-3-9(13)10(11(7)14)12(15)8-4-16-6-17-5-8/h2-6,12H,15H2,1H3. The third-order valence-corrected chi connectivity index (χ3v) is 2.57. The van der Waals surface area contributed by atoms with Gasteiger partial charge in [0, 0.05) is 23.5 Å². The smallest absolute Gasteiger partial charge is 0.134 e. The van der Waals surface area contributed by atoms with Crippen LogP contribution in [0, 0.1) is 18.6 Å².